The van der Waals surface area contributed by atoms with E-state index in [0.717, 1.165) is 5.56 Å². The van der Waals surface area contributed by atoms with Crippen LogP contribution in [-0.2, 0) is 0 Å². The van der Waals surface area contributed by atoms with Gasteiger partial charge in [-0.25, -0.2) is 4.98 Å². The van der Waals surface area contributed by atoms with E-state index >= 15 is 0 Å². The number of oxazole rings is 1. The van der Waals surface area contributed by atoms with Crippen LogP contribution in [0.3, 0.4) is 0 Å². The van der Waals surface area contributed by atoms with Crippen molar-refractivity contribution in [3.05, 3.63) is 34.2 Å². The molecule has 22 heavy (non-hydrogen) atoms. The average molecular weight is 302 g/mol. The van der Waals surface area contributed by atoms with Crippen LogP contribution in [-0.4, -0.2) is 10.9 Å². The lowest BCUT2D eigenvalue weighted by Crippen LogP contribution is -2.30. The molecular formula is C15H18N4O3. The first-order valence-electron chi connectivity index (χ1n) is 6.88. The molecule has 2 aromatic heterocycles. The zero-order valence-corrected chi connectivity index (χ0v) is 13.2. The molecule has 0 saturated heterocycles. The number of furan rings is 1. The molecule has 0 bridgehead atoms. The van der Waals surface area contributed by atoms with E-state index in [9.17, 15) is 4.79 Å². The number of carbonyl (C=O) groups is 1. The first kappa shape index (κ1) is 15.6. The molecule has 0 aliphatic carbocycles. The fraction of sp³-hybridized carbons (Fsp3) is 0.400. The largest absolute Gasteiger partial charge is 0.466 e. The summed E-state index contributed by atoms with van der Waals surface area (Å²) in [4.78, 5) is 16.3. The van der Waals surface area contributed by atoms with Crippen molar-refractivity contribution < 1.29 is 13.6 Å². The third kappa shape index (κ3) is 2.81. The number of carbonyl (C=O) groups excluding carboxylic acids is 1. The molecule has 2 rings (SSSR count). The SMILES string of the molecule is Cc1oc(C)c(C(=O)NNc2oc(C(C)C)nc2C#N)c1C. The summed E-state index contributed by atoms with van der Waals surface area (Å²) >= 11 is 0. The molecule has 0 radical (unpaired) electrons. The lowest BCUT2D eigenvalue weighted by molar-refractivity contribution is 0.0959. The molecule has 0 fully saturated rings. The number of nitrogens with one attached hydrogen (secondary N) is 2. The molecule has 0 aliphatic rings. The number of hydrazine groups is 1. The Balaban J connectivity index is 2.16. The van der Waals surface area contributed by atoms with Crippen LogP contribution in [0.5, 0.6) is 0 Å². The van der Waals surface area contributed by atoms with Gasteiger partial charge in [0.25, 0.3) is 11.8 Å². The molecule has 2 aromatic rings. The average Bonchev–Trinajstić information content (AvgIpc) is 2.98. The van der Waals surface area contributed by atoms with E-state index in [0.29, 0.717) is 23.0 Å². The van der Waals surface area contributed by atoms with Gasteiger partial charge in [0.15, 0.2) is 0 Å². The molecule has 0 aromatic carbocycles. The van der Waals surface area contributed by atoms with Crippen molar-refractivity contribution in [2.45, 2.75) is 40.5 Å². The number of rotatable bonds is 4. The molecule has 7 heteroatoms. The van der Waals surface area contributed by atoms with Gasteiger partial charge in [0.05, 0.1) is 5.56 Å². The summed E-state index contributed by atoms with van der Waals surface area (Å²) in [6.45, 7) is 9.13. The van der Waals surface area contributed by atoms with Crippen LogP contribution in [0, 0.1) is 32.1 Å². The third-order valence-electron chi connectivity index (χ3n) is 3.32. The van der Waals surface area contributed by atoms with E-state index in [1.54, 1.807) is 13.8 Å². The predicted octanol–water partition coefficient (Wildman–Crippen LogP) is 2.94. The summed E-state index contributed by atoms with van der Waals surface area (Å²) in [6, 6.07) is 1.92. The molecule has 7 nitrogen and oxygen atoms in total. The van der Waals surface area contributed by atoms with Crippen LogP contribution in [0.1, 0.15) is 58.8 Å². The summed E-state index contributed by atoms with van der Waals surface area (Å²) in [5, 5.41) is 9.05. The first-order valence-corrected chi connectivity index (χ1v) is 6.88. The fourth-order valence-corrected chi connectivity index (χ4v) is 2.05. The number of nitriles is 1. The summed E-state index contributed by atoms with van der Waals surface area (Å²) in [5.41, 5.74) is 6.45. The van der Waals surface area contributed by atoms with Gasteiger partial charge in [0.2, 0.25) is 11.6 Å². The van der Waals surface area contributed by atoms with E-state index in [1.807, 2.05) is 26.8 Å². The molecular weight excluding hydrogens is 284 g/mol. The van der Waals surface area contributed by atoms with E-state index in [4.69, 9.17) is 14.1 Å². The molecule has 1 amide bonds. The number of nitrogens with zero attached hydrogens (tertiary/aromatic N) is 2. The van der Waals surface area contributed by atoms with E-state index in [1.165, 1.54) is 0 Å². The normalized spacial score (nSPS) is 10.6. The van der Waals surface area contributed by atoms with Gasteiger partial charge in [-0.05, 0) is 20.8 Å². The minimum atomic E-state index is -0.363. The summed E-state index contributed by atoms with van der Waals surface area (Å²) in [6.07, 6.45) is 0. The maximum atomic E-state index is 12.2. The van der Waals surface area contributed by atoms with Crippen LogP contribution < -0.4 is 10.9 Å². The molecule has 0 atom stereocenters. The topological polar surface area (TPSA) is 104 Å². The van der Waals surface area contributed by atoms with Crippen LogP contribution in [0.15, 0.2) is 8.83 Å². The monoisotopic (exact) mass is 302 g/mol. The Morgan fingerprint density at radius 3 is 2.41 bits per heavy atom. The van der Waals surface area contributed by atoms with Gasteiger partial charge >= 0.3 is 0 Å². The van der Waals surface area contributed by atoms with Gasteiger partial charge in [0, 0.05) is 11.5 Å². The Labute approximate surface area is 128 Å². The van der Waals surface area contributed by atoms with Crippen molar-refractivity contribution >= 4 is 11.8 Å². The minimum Gasteiger partial charge on any atom is -0.466 e. The van der Waals surface area contributed by atoms with Crippen LogP contribution in [0.2, 0.25) is 0 Å². The highest BCUT2D eigenvalue weighted by Crippen LogP contribution is 2.23. The van der Waals surface area contributed by atoms with Crippen LogP contribution >= 0.6 is 0 Å². The van der Waals surface area contributed by atoms with E-state index in [-0.39, 0.29) is 23.4 Å². The number of hydrogen-bond acceptors (Lipinski definition) is 6. The Bertz CT molecular complexity index is 750. The number of aryl methyl sites for hydroxylation is 2. The Kier molecular flexibility index (Phi) is 4.22. The summed E-state index contributed by atoms with van der Waals surface area (Å²) in [5.74, 6) is 1.46. The van der Waals surface area contributed by atoms with E-state index in [2.05, 4.69) is 15.8 Å². The van der Waals surface area contributed by atoms with Gasteiger partial charge in [-0.2, -0.15) is 5.26 Å². The first-order chi connectivity index (χ1) is 10.3. The standard InChI is InChI=1S/C15H18N4O3/c1-7(2)14-17-11(6-16)15(22-14)19-18-13(20)12-8(3)9(4)21-10(12)5/h7,19H,1-5H3,(H,18,20). The van der Waals surface area contributed by atoms with Crippen molar-refractivity contribution in [3.8, 4) is 6.07 Å². The van der Waals surface area contributed by atoms with Crippen molar-refractivity contribution in [1.82, 2.24) is 10.4 Å². The number of aromatic nitrogens is 1. The molecule has 116 valence electrons. The smallest absolute Gasteiger partial charge is 0.273 e. The lowest BCUT2D eigenvalue weighted by Gasteiger charge is -2.06. The van der Waals surface area contributed by atoms with Crippen molar-refractivity contribution in [2.24, 2.45) is 0 Å². The zero-order chi connectivity index (χ0) is 16.4. The maximum absolute atomic E-state index is 12.2. The molecule has 0 saturated carbocycles. The van der Waals surface area contributed by atoms with Crippen LogP contribution in [0.25, 0.3) is 0 Å². The van der Waals surface area contributed by atoms with Crippen molar-refractivity contribution in [2.75, 3.05) is 5.43 Å². The fourth-order valence-electron chi connectivity index (χ4n) is 2.05. The number of hydrogen-bond donors (Lipinski definition) is 2. The van der Waals surface area contributed by atoms with Crippen LogP contribution in [0.4, 0.5) is 5.88 Å². The van der Waals surface area contributed by atoms with Gasteiger partial charge in [-0.15, -0.1) is 0 Å². The Morgan fingerprint density at radius 2 is 1.91 bits per heavy atom. The molecule has 0 aliphatic heterocycles. The second-order valence-corrected chi connectivity index (χ2v) is 5.29. The highest BCUT2D eigenvalue weighted by Gasteiger charge is 2.20. The van der Waals surface area contributed by atoms with Crippen molar-refractivity contribution in [1.29, 1.82) is 5.26 Å². The van der Waals surface area contributed by atoms with E-state index < -0.39 is 0 Å². The summed E-state index contributed by atoms with van der Waals surface area (Å²) in [7, 11) is 0. The van der Waals surface area contributed by atoms with Gasteiger partial charge in [-0.3, -0.25) is 15.6 Å². The predicted molar refractivity (Wildman–Crippen MR) is 79.3 cm³/mol. The van der Waals surface area contributed by atoms with Gasteiger partial charge in [-0.1, -0.05) is 13.8 Å². The molecule has 0 spiro atoms. The quantitative estimate of drug-likeness (QED) is 0.841. The second kappa shape index (κ2) is 5.93. The number of amides is 1. The zero-order valence-electron chi connectivity index (χ0n) is 13.2. The van der Waals surface area contributed by atoms with Crippen molar-refractivity contribution in [3.63, 3.8) is 0 Å². The minimum absolute atomic E-state index is 0.0411. The van der Waals surface area contributed by atoms with Gasteiger partial charge in [0.1, 0.15) is 17.6 Å². The highest BCUT2D eigenvalue weighted by molar-refractivity contribution is 5.97. The molecule has 2 N–H and O–H groups in total. The Morgan fingerprint density at radius 1 is 1.23 bits per heavy atom. The third-order valence-corrected chi connectivity index (χ3v) is 3.32. The number of anilines is 1. The highest BCUT2D eigenvalue weighted by atomic mass is 16.4. The Hall–Kier alpha value is -2.75. The molecule has 2 heterocycles. The maximum Gasteiger partial charge on any atom is 0.273 e. The summed E-state index contributed by atoms with van der Waals surface area (Å²) < 4.78 is 10.9. The second-order valence-electron chi connectivity index (χ2n) is 5.29. The lowest BCUT2D eigenvalue weighted by atomic mass is 10.1. The van der Waals surface area contributed by atoms with Gasteiger partial charge < -0.3 is 8.83 Å². The molecule has 0 unspecified atom stereocenters.